The molecule has 1 unspecified atom stereocenters. The maximum Gasteiger partial charge on any atom is 0.156 e. The van der Waals surface area contributed by atoms with Gasteiger partial charge in [-0.3, -0.25) is 4.79 Å². The van der Waals surface area contributed by atoms with Crippen LogP contribution in [-0.4, -0.2) is 12.4 Å². The number of rotatable bonds is 3. The number of terminal acetylenes is 1. The number of carbonyl (C=O) groups is 1. The van der Waals surface area contributed by atoms with Gasteiger partial charge in [0, 0.05) is 4.47 Å². The van der Waals surface area contributed by atoms with Gasteiger partial charge in [0.2, 0.25) is 0 Å². The average molecular weight is 253 g/mol. The van der Waals surface area contributed by atoms with Crippen molar-refractivity contribution >= 4 is 22.2 Å². The third-order valence-electron chi connectivity index (χ3n) is 1.64. The van der Waals surface area contributed by atoms with E-state index in [0.717, 1.165) is 10.8 Å². The molecule has 0 aliphatic carbocycles. The molecule has 1 rings (SSSR count). The summed E-state index contributed by atoms with van der Waals surface area (Å²) in [5, 5.41) is 0. The first-order valence-electron chi connectivity index (χ1n) is 4.05. The van der Waals surface area contributed by atoms with Crippen molar-refractivity contribution in [3.05, 3.63) is 28.2 Å². The highest BCUT2D eigenvalue weighted by molar-refractivity contribution is 9.10. The highest BCUT2D eigenvalue weighted by Gasteiger charge is 2.06. The van der Waals surface area contributed by atoms with E-state index in [2.05, 4.69) is 21.9 Å². The Bertz CT molecular complexity index is 379. The summed E-state index contributed by atoms with van der Waals surface area (Å²) in [7, 11) is 0. The molecule has 3 heteroatoms. The maximum atomic E-state index is 10.7. The van der Waals surface area contributed by atoms with Crippen molar-refractivity contribution in [1.82, 2.24) is 0 Å². The third-order valence-corrected chi connectivity index (χ3v) is 2.13. The minimum atomic E-state index is -0.338. The van der Waals surface area contributed by atoms with E-state index in [4.69, 9.17) is 11.2 Å². The zero-order valence-corrected chi connectivity index (χ0v) is 9.24. The normalized spacial score (nSPS) is 11.5. The number of benzene rings is 1. The topological polar surface area (TPSA) is 26.3 Å². The molecule has 0 heterocycles. The van der Waals surface area contributed by atoms with Crippen LogP contribution >= 0.6 is 15.9 Å². The largest absolute Gasteiger partial charge is 0.477 e. The lowest BCUT2D eigenvalue weighted by Gasteiger charge is -2.10. The van der Waals surface area contributed by atoms with E-state index in [1.165, 1.54) is 0 Å². The maximum absolute atomic E-state index is 10.7. The van der Waals surface area contributed by atoms with E-state index < -0.39 is 0 Å². The number of halogens is 1. The van der Waals surface area contributed by atoms with Gasteiger partial charge in [0.05, 0.1) is 5.56 Å². The second kappa shape index (κ2) is 4.83. The van der Waals surface area contributed by atoms with Crippen molar-refractivity contribution in [1.29, 1.82) is 0 Å². The number of carbonyl (C=O) groups excluding carboxylic acids is 1. The molecule has 0 saturated carbocycles. The van der Waals surface area contributed by atoms with Gasteiger partial charge in [-0.25, -0.2) is 0 Å². The predicted molar refractivity (Wildman–Crippen MR) is 58.5 cm³/mol. The minimum absolute atomic E-state index is 0.338. The number of ether oxygens (including phenoxy) is 1. The molecule has 0 radical (unpaired) electrons. The van der Waals surface area contributed by atoms with E-state index in [9.17, 15) is 4.79 Å². The molecule has 1 aromatic rings. The molecule has 0 fully saturated rings. The Hall–Kier alpha value is -1.27. The van der Waals surface area contributed by atoms with Crippen molar-refractivity contribution < 1.29 is 9.53 Å². The van der Waals surface area contributed by atoms with Crippen molar-refractivity contribution in [2.45, 2.75) is 13.0 Å². The van der Waals surface area contributed by atoms with E-state index in [1.807, 2.05) is 0 Å². The van der Waals surface area contributed by atoms with Crippen molar-refractivity contribution in [2.75, 3.05) is 0 Å². The van der Waals surface area contributed by atoms with Crippen molar-refractivity contribution in [3.8, 4) is 18.1 Å². The number of hydrogen-bond donors (Lipinski definition) is 0. The molecule has 2 nitrogen and oxygen atoms in total. The second-order valence-corrected chi connectivity index (χ2v) is 3.64. The van der Waals surface area contributed by atoms with Crippen LogP contribution in [0.25, 0.3) is 0 Å². The van der Waals surface area contributed by atoms with Gasteiger partial charge in [-0.1, -0.05) is 21.9 Å². The lowest BCUT2D eigenvalue weighted by Crippen LogP contribution is -2.09. The van der Waals surface area contributed by atoms with Crippen LogP contribution in [0.3, 0.4) is 0 Å². The summed E-state index contributed by atoms with van der Waals surface area (Å²) >= 11 is 3.27. The Balaban J connectivity index is 2.97. The Labute approximate surface area is 91.4 Å². The molecule has 0 aliphatic heterocycles. The van der Waals surface area contributed by atoms with Crippen molar-refractivity contribution in [2.24, 2.45) is 0 Å². The first kappa shape index (κ1) is 10.8. The molecule has 0 spiro atoms. The molecular weight excluding hydrogens is 244 g/mol. The van der Waals surface area contributed by atoms with Gasteiger partial charge in [-0.15, -0.1) is 6.42 Å². The van der Waals surface area contributed by atoms with Crippen LogP contribution in [0, 0.1) is 12.3 Å². The van der Waals surface area contributed by atoms with E-state index in [0.29, 0.717) is 11.3 Å². The fraction of sp³-hybridized carbons (Fsp3) is 0.182. The van der Waals surface area contributed by atoms with Gasteiger partial charge in [0.25, 0.3) is 0 Å². The minimum Gasteiger partial charge on any atom is -0.477 e. The fourth-order valence-electron chi connectivity index (χ4n) is 0.943. The molecule has 14 heavy (non-hydrogen) atoms. The standard InChI is InChI=1S/C11H9BrO2/c1-3-8(2)14-11-5-4-10(12)6-9(11)7-13/h1,4-8H,2H3. The fourth-order valence-corrected chi connectivity index (χ4v) is 1.32. The summed E-state index contributed by atoms with van der Waals surface area (Å²) in [5.74, 6) is 2.94. The predicted octanol–water partition coefficient (Wildman–Crippen LogP) is 2.66. The molecule has 72 valence electrons. The summed E-state index contributed by atoms with van der Waals surface area (Å²) in [4.78, 5) is 10.7. The van der Waals surface area contributed by atoms with Crippen LogP contribution in [-0.2, 0) is 0 Å². The second-order valence-electron chi connectivity index (χ2n) is 2.73. The van der Waals surface area contributed by atoms with E-state index >= 15 is 0 Å². The highest BCUT2D eigenvalue weighted by Crippen LogP contribution is 2.22. The SMILES string of the molecule is C#CC(C)Oc1ccc(Br)cc1C=O. The van der Waals surface area contributed by atoms with Gasteiger partial charge in [-0.2, -0.15) is 0 Å². The van der Waals surface area contributed by atoms with Gasteiger partial charge in [-0.05, 0) is 25.1 Å². The van der Waals surface area contributed by atoms with Gasteiger partial charge < -0.3 is 4.74 Å². The lowest BCUT2D eigenvalue weighted by atomic mass is 10.2. The quantitative estimate of drug-likeness (QED) is 0.611. The Kier molecular flexibility index (Phi) is 3.73. The third kappa shape index (κ3) is 2.61. The zero-order chi connectivity index (χ0) is 10.6. The Morgan fingerprint density at radius 3 is 2.93 bits per heavy atom. The van der Waals surface area contributed by atoms with Crippen LogP contribution in [0.1, 0.15) is 17.3 Å². The molecule has 0 saturated heterocycles. The Morgan fingerprint density at radius 1 is 1.64 bits per heavy atom. The molecule has 0 amide bonds. The van der Waals surface area contributed by atoms with Crippen molar-refractivity contribution in [3.63, 3.8) is 0 Å². The zero-order valence-electron chi connectivity index (χ0n) is 7.66. The number of hydrogen-bond acceptors (Lipinski definition) is 2. The summed E-state index contributed by atoms with van der Waals surface area (Å²) in [6, 6.07) is 5.19. The van der Waals surface area contributed by atoms with Gasteiger partial charge in [0.15, 0.2) is 12.4 Å². The average Bonchev–Trinajstić information content (AvgIpc) is 2.20. The van der Waals surface area contributed by atoms with Gasteiger partial charge in [0.1, 0.15) is 5.75 Å². The molecule has 0 aromatic heterocycles. The smallest absolute Gasteiger partial charge is 0.156 e. The van der Waals surface area contributed by atoms with E-state index in [-0.39, 0.29) is 6.10 Å². The summed E-state index contributed by atoms with van der Waals surface area (Å²) in [6.45, 7) is 1.75. The first-order valence-corrected chi connectivity index (χ1v) is 4.84. The van der Waals surface area contributed by atoms with Crippen LogP contribution in [0.5, 0.6) is 5.75 Å². The summed E-state index contributed by atoms with van der Waals surface area (Å²) < 4.78 is 6.19. The Morgan fingerprint density at radius 2 is 2.36 bits per heavy atom. The number of aldehydes is 1. The highest BCUT2D eigenvalue weighted by atomic mass is 79.9. The molecule has 1 aromatic carbocycles. The summed E-state index contributed by atoms with van der Waals surface area (Å²) in [6.07, 6.45) is 5.57. The monoisotopic (exact) mass is 252 g/mol. The summed E-state index contributed by atoms with van der Waals surface area (Å²) in [5.41, 5.74) is 0.487. The van der Waals surface area contributed by atoms with Crippen LogP contribution < -0.4 is 4.74 Å². The molecule has 0 aliphatic rings. The van der Waals surface area contributed by atoms with Gasteiger partial charge >= 0.3 is 0 Å². The molecular formula is C11H9BrO2. The first-order chi connectivity index (χ1) is 6.67. The van der Waals surface area contributed by atoms with Crippen LogP contribution in [0.4, 0.5) is 0 Å². The molecule has 0 N–H and O–H groups in total. The van der Waals surface area contributed by atoms with E-state index in [1.54, 1.807) is 25.1 Å². The van der Waals surface area contributed by atoms with Crippen LogP contribution in [0.2, 0.25) is 0 Å². The molecule has 0 bridgehead atoms. The lowest BCUT2D eigenvalue weighted by molar-refractivity contribution is 0.111. The molecule has 1 atom stereocenters. The van der Waals surface area contributed by atoms with Crippen LogP contribution in [0.15, 0.2) is 22.7 Å².